The second kappa shape index (κ2) is 23.8. The van der Waals surface area contributed by atoms with Crippen LogP contribution < -0.4 is 0 Å². The van der Waals surface area contributed by atoms with Crippen LogP contribution in [0, 0.1) is 50.2 Å². The fraction of sp³-hybridized carbons (Fsp3) is 0.949. The van der Waals surface area contributed by atoms with Gasteiger partial charge in [0.1, 0.15) is 104 Å². The maximum Gasteiger partial charge on any atom is 0.315 e. The van der Waals surface area contributed by atoms with Crippen LogP contribution in [0.1, 0.15) is 127 Å². The summed E-state index contributed by atoms with van der Waals surface area (Å²) in [6, 6.07) is 0. The van der Waals surface area contributed by atoms with E-state index in [2.05, 4.69) is 54.5 Å². The van der Waals surface area contributed by atoms with Gasteiger partial charge in [0.25, 0.3) is 0 Å². The molecule has 0 aromatic rings. The minimum atomic E-state index is -1.84. The average Bonchev–Trinajstić information content (AvgIpc) is 0.735. The maximum atomic E-state index is 15.1. The van der Waals surface area contributed by atoms with Gasteiger partial charge in [-0.25, -0.2) is 0 Å². The molecule has 32 atom stereocenters. The molecule has 5 aliphatic carbocycles. The Morgan fingerprint density at radius 1 is 0.536 bits per heavy atom. The lowest BCUT2D eigenvalue weighted by Crippen LogP contribution is -2.67. The lowest BCUT2D eigenvalue weighted by Gasteiger charge is -2.71. The van der Waals surface area contributed by atoms with Crippen LogP contribution in [0.5, 0.6) is 0 Å². The fourth-order valence-corrected chi connectivity index (χ4v) is 17.6. The Hall–Kier alpha value is -1.71. The molecule has 0 spiro atoms. The molecule has 25 heteroatoms. The number of ether oxygens (including phenoxy) is 10. The summed E-state index contributed by atoms with van der Waals surface area (Å²) < 4.78 is 60.5. The van der Waals surface area contributed by atoms with Gasteiger partial charge in [-0.05, 0) is 123 Å². The molecule has 0 unspecified atom stereocenters. The van der Waals surface area contributed by atoms with Crippen LogP contribution >= 0.6 is 0 Å². The molecule has 0 bridgehead atoms. The van der Waals surface area contributed by atoms with Crippen molar-refractivity contribution in [2.45, 2.75) is 280 Å². The van der Waals surface area contributed by atoms with Gasteiger partial charge in [-0.1, -0.05) is 60.1 Å². The second-order valence-corrected chi connectivity index (χ2v) is 28.6. The van der Waals surface area contributed by atoms with E-state index in [4.69, 9.17) is 47.4 Å². The molecule has 0 aromatic carbocycles. The number of carbonyl (C=O) groups is 1. The van der Waals surface area contributed by atoms with E-state index < -0.39 is 184 Å². The van der Waals surface area contributed by atoms with Crippen molar-refractivity contribution >= 4 is 5.97 Å². The molecule has 4 saturated carbocycles. The van der Waals surface area contributed by atoms with Gasteiger partial charge < -0.3 is 119 Å². The number of aliphatic hydroxyl groups is 14. The molecule has 10 rings (SSSR count). The lowest BCUT2D eigenvalue weighted by molar-refractivity contribution is -0.392. The van der Waals surface area contributed by atoms with Gasteiger partial charge in [0.05, 0.1) is 43.5 Å². The Morgan fingerprint density at radius 2 is 1.08 bits per heavy atom. The van der Waals surface area contributed by atoms with Crippen molar-refractivity contribution in [2.75, 3.05) is 19.8 Å². The molecule has 9 fully saturated rings. The summed E-state index contributed by atoms with van der Waals surface area (Å²) in [6.07, 6.45) is -28.7. The molecule has 5 aliphatic heterocycles. The normalized spacial score (nSPS) is 54.6. The smallest absolute Gasteiger partial charge is 0.315 e. The van der Waals surface area contributed by atoms with Crippen LogP contribution in [0.2, 0.25) is 0 Å². The van der Waals surface area contributed by atoms with Crippen molar-refractivity contribution in [3.05, 3.63) is 11.6 Å². The highest BCUT2D eigenvalue weighted by Crippen LogP contribution is 2.76. The number of allylic oxidation sites excluding steroid dienone is 2. The summed E-state index contributed by atoms with van der Waals surface area (Å²) in [5.41, 5.74) is -1.23. The van der Waals surface area contributed by atoms with Gasteiger partial charge in [-0.3, -0.25) is 4.79 Å². The van der Waals surface area contributed by atoms with Gasteiger partial charge in [0, 0.05) is 0 Å². The van der Waals surface area contributed by atoms with E-state index >= 15 is 4.79 Å². The van der Waals surface area contributed by atoms with Crippen LogP contribution in [-0.2, 0) is 52.2 Å². The third-order valence-corrected chi connectivity index (χ3v) is 23.1. The summed E-state index contributed by atoms with van der Waals surface area (Å²) in [5, 5.41) is 151. The summed E-state index contributed by atoms with van der Waals surface area (Å²) >= 11 is 0. The van der Waals surface area contributed by atoms with Crippen molar-refractivity contribution in [1.29, 1.82) is 0 Å². The van der Waals surface area contributed by atoms with Crippen LogP contribution in [0.15, 0.2) is 11.6 Å². The Kier molecular flexibility index (Phi) is 18.5. The Labute approximate surface area is 490 Å². The topological polar surface area (TPSA) is 393 Å². The van der Waals surface area contributed by atoms with Gasteiger partial charge in [0.15, 0.2) is 25.2 Å². The number of hydrogen-bond donors (Lipinski definition) is 14. The molecule has 10 aliphatic rings. The quantitative estimate of drug-likeness (QED) is 0.0600. The minimum Gasteiger partial charge on any atom is -0.432 e. The van der Waals surface area contributed by atoms with E-state index in [9.17, 15) is 71.5 Å². The third kappa shape index (κ3) is 10.8. The zero-order valence-electron chi connectivity index (χ0n) is 49.7. The highest BCUT2D eigenvalue weighted by molar-refractivity contribution is 5.79. The molecule has 14 N–H and O–H groups in total. The maximum absolute atomic E-state index is 15.1. The van der Waals surface area contributed by atoms with Crippen molar-refractivity contribution in [3.63, 3.8) is 0 Å². The number of esters is 1. The molecule has 84 heavy (non-hydrogen) atoms. The minimum absolute atomic E-state index is 0.109. The largest absolute Gasteiger partial charge is 0.432 e. The predicted octanol–water partition coefficient (Wildman–Crippen LogP) is -1.52. The van der Waals surface area contributed by atoms with E-state index in [1.54, 1.807) is 0 Å². The highest BCUT2D eigenvalue weighted by Gasteiger charge is 2.70. The molecule has 5 saturated heterocycles. The zero-order chi connectivity index (χ0) is 61.3. The van der Waals surface area contributed by atoms with Crippen molar-refractivity contribution in [2.24, 2.45) is 50.2 Å². The molecule has 0 aromatic heterocycles. The van der Waals surface area contributed by atoms with Crippen LogP contribution in [0.25, 0.3) is 0 Å². The van der Waals surface area contributed by atoms with E-state index in [0.29, 0.717) is 32.1 Å². The Bertz CT molecular complexity index is 2340. The molecular weight excluding hydrogens is 1110 g/mol. The number of hydrogen-bond acceptors (Lipinski definition) is 25. The first-order valence-corrected chi connectivity index (χ1v) is 30.5. The number of aliphatic hydroxyl groups excluding tert-OH is 14. The van der Waals surface area contributed by atoms with Gasteiger partial charge in [-0.2, -0.15) is 0 Å². The highest BCUT2D eigenvalue weighted by atomic mass is 16.8. The van der Waals surface area contributed by atoms with E-state index in [1.807, 2.05) is 0 Å². The number of rotatable bonds is 12. The van der Waals surface area contributed by atoms with E-state index in [1.165, 1.54) is 19.4 Å². The first-order chi connectivity index (χ1) is 39.3. The average molecular weight is 1210 g/mol. The summed E-state index contributed by atoms with van der Waals surface area (Å²) in [5.74, 6) is -0.492. The molecule has 0 radical (unpaired) electrons. The number of carbonyl (C=O) groups excluding carboxylic acids is 1. The Morgan fingerprint density at radius 3 is 1.70 bits per heavy atom. The standard InChI is InChI=1S/C59H96O25/c1-24-34(63)38(67)42(71)48(76-24)81-45-30(22-61)79-50(44(73)41(45)70)84-53(74)59-18-16-54(3,4)20-27(59)26-10-11-32-56(7)14-13-33(55(5,6)31(56)12-15-58(32,9)57(26,8)17-19-59)80-51-46(36(65)28(62)23-75-51)83-52-47(40(69)37(66)29(21-60)78-52)82-49-43(72)39(68)35(64)25(2)77-49/h10,24-25,27-52,60-73H,11-23H2,1-9H3/t24-,25-,27-,28+,29+,30-,31+,32-,33+,34+,35-,36-,37-,38-,39-,40+,41+,42+,43-,44-,45+,46-,47-,48-,49+,50-,51-,52-,56+,57+,58+,59+/m0/s1. The summed E-state index contributed by atoms with van der Waals surface area (Å²) in [6.45, 7) is 17.0. The summed E-state index contributed by atoms with van der Waals surface area (Å²) in [4.78, 5) is 15.1. The molecule has 482 valence electrons. The zero-order valence-corrected chi connectivity index (χ0v) is 49.7. The van der Waals surface area contributed by atoms with E-state index in [0.717, 1.165) is 32.1 Å². The Balaban J connectivity index is 0.857. The van der Waals surface area contributed by atoms with Gasteiger partial charge in [-0.15, -0.1) is 0 Å². The lowest BCUT2D eigenvalue weighted by atomic mass is 9.33. The number of fused-ring (bicyclic) bond motifs is 7. The SMILES string of the molecule is C[C@@H]1O[C@H](O[C@@H]2[C@H](O[C@@H]3[C@H](O[C@@H]4CC[C@]5(C)[C@H](CC[C@]6(C)[C@H]5CC=C5[C@@H]7CC(C)(C)CC[C@@]7(C(=O)O[C@@H]7O[C@@H](CO)[C@@H](O[C@@H]8O[C@@H](C)[C@@H](O)[C@H](O)[C@H]8O)[C@H](O)[C@@H]7O)CC[C@]56C)C4(C)C)OC[C@@H](O)[C@@H]3O)O[C@H](CO)[C@H](O)[C@H]2O)[C@@H](O)[C@@H](O)[C@H]1O. The van der Waals surface area contributed by atoms with Gasteiger partial charge >= 0.3 is 5.97 Å². The van der Waals surface area contributed by atoms with Crippen molar-refractivity contribution in [3.8, 4) is 0 Å². The van der Waals surface area contributed by atoms with Crippen LogP contribution in [0.3, 0.4) is 0 Å². The monoisotopic (exact) mass is 1200 g/mol. The fourth-order valence-electron chi connectivity index (χ4n) is 17.6. The third-order valence-electron chi connectivity index (χ3n) is 23.1. The van der Waals surface area contributed by atoms with Crippen molar-refractivity contribution in [1.82, 2.24) is 0 Å². The van der Waals surface area contributed by atoms with Crippen LogP contribution in [0.4, 0.5) is 0 Å². The molecule has 25 nitrogen and oxygen atoms in total. The molecule has 5 heterocycles. The second-order valence-electron chi connectivity index (χ2n) is 28.6. The van der Waals surface area contributed by atoms with E-state index in [-0.39, 0.29) is 46.0 Å². The predicted molar refractivity (Wildman–Crippen MR) is 287 cm³/mol. The van der Waals surface area contributed by atoms with Crippen LogP contribution in [-0.4, -0.2) is 251 Å². The molecular formula is C59H96O25. The van der Waals surface area contributed by atoms with Crippen molar-refractivity contribution < 1.29 is 124 Å². The summed E-state index contributed by atoms with van der Waals surface area (Å²) in [7, 11) is 0. The first kappa shape index (κ1) is 65.2. The molecule has 0 amide bonds. The van der Waals surface area contributed by atoms with Gasteiger partial charge in [0.2, 0.25) is 6.29 Å². The first-order valence-electron chi connectivity index (χ1n) is 30.5.